The predicted molar refractivity (Wildman–Crippen MR) is 80.2 cm³/mol. The highest BCUT2D eigenvalue weighted by molar-refractivity contribution is 5.88. The molecule has 0 spiro atoms. The molecule has 1 saturated heterocycles. The Hall–Kier alpha value is -1.94. The molecule has 1 aromatic carbocycles. The molecule has 1 N–H and O–H groups in total. The van der Waals surface area contributed by atoms with Crippen molar-refractivity contribution in [3.8, 4) is 0 Å². The molecular formula is C17H20FNO2. The van der Waals surface area contributed by atoms with Gasteiger partial charge >= 0.3 is 0 Å². The molecule has 1 amide bonds. The zero-order valence-corrected chi connectivity index (χ0v) is 12.1. The average molecular weight is 289 g/mol. The highest BCUT2D eigenvalue weighted by atomic mass is 19.1. The van der Waals surface area contributed by atoms with Gasteiger partial charge in [0.25, 0.3) is 0 Å². The number of benzene rings is 1. The monoisotopic (exact) mass is 289 g/mol. The maximum absolute atomic E-state index is 13.5. The second kappa shape index (κ2) is 7.18. The van der Waals surface area contributed by atoms with Crippen molar-refractivity contribution < 1.29 is 13.9 Å². The molecule has 0 radical (unpaired) electrons. The third-order valence-corrected chi connectivity index (χ3v) is 3.64. The predicted octanol–water partition coefficient (Wildman–Crippen LogP) is 3.08. The Morgan fingerprint density at radius 3 is 2.76 bits per heavy atom. The van der Waals surface area contributed by atoms with Crippen LogP contribution in [0.4, 0.5) is 4.39 Å². The Kier molecular flexibility index (Phi) is 5.28. The van der Waals surface area contributed by atoms with Crippen molar-refractivity contribution in [3.63, 3.8) is 0 Å². The van der Waals surface area contributed by atoms with Gasteiger partial charge < -0.3 is 10.1 Å². The van der Waals surface area contributed by atoms with Gasteiger partial charge in [0, 0.05) is 19.3 Å². The lowest BCUT2D eigenvalue weighted by atomic mass is 9.82. The van der Waals surface area contributed by atoms with Crippen molar-refractivity contribution in [1.29, 1.82) is 0 Å². The van der Waals surface area contributed by atoms with E-state index in [4.69, 9.17) is 4.74 Å². The molecule has 1 aliphatic rings. The quantitative estimate of drug-likeness (QED) is 0.683. The van der Waals surface area contributed by atoms with Crippen LogP contribution in [0.15, 0.2) is 48.6 Å². The van der Waals surface area contributed by atoms with E-state index in [0.717, 1.165) is 5.56 Å². The first-order valence-corrected chi connectivity index (χ1v) is 7.11. The van der Waals surface area contributed by atoms with E-state index in [-0.39, 0.29) is 11.7 Å². The molecule has 1 aliphatic heterocycles. The summed E-state index contributed by atoms with van der Waals surface area (Å²) in [5.41, 5.74) is 0.233. The second-order valence-electron chi connectivity index (χ2n) is 5.08. The van der Waals surface area contributed by atoms with Gasteiger partial charge in [0.05, 0.1) is 5.54 Å². The smallest absolute Gasteiger partial charge is 0.244 e. The summed E-state index contributed by atoms with van der Waals surface area (Å²) in [6, 6.07) is 6.42. The zero-order chi connectivity index (χ0) is 15.1. The Morgan fingerprint density at radius 2 is 2.10 bits per heavy atom. The normalized spacial score (nSPS) is 18.2. The van der Waals surface area contributed by atoms with E-state index in [1.165, 1.54) is 18.2 Å². The molecule has 0 unspecified atom stereocenters. The zero-order valence-electron chi connectivity index (χ0n) is 12.1. The first-order chi connectivity index (χ1) is 10.2. The molecule has 0 saturated carbocycles. The molecule has 21 heavy (non-hydrogen) atoms. The summed E-state index contributed by atoms with van der Waals surface area (Å²) in [6.45, 7) is 2.99. The van der Waals surface area contributed by atoms with E-state index in [0.29, 0.717) is 26.1 Å². The number of nitrogens with one attached hydrogen (secondary N) is 1. The largest absolute Gasteiger partial charge is 0.381 e. The highest BCUT2D eigenvalue weighted by Gasteiger charge is 2.35. The van der Waals surface area contributed by atoms with Crippen molar-refractivity contribution in [3.05, 3.63) is 60.0 Å². The number of carbonyl (C=O) groups excluding carboxylic acids is 1. The van der Waals surface area contributed by atoms with E-state index >= 15 is 0 Å². The van der Waals surface area contributed by atoms with Crippen LogP contribution in [0.3, 0.4) is 0 Å². The van der Waals surface area contributed by atoms with Crippen LogP contribution < -0.4 is 5.32 Å². The SMILES string of the molecule is C/C=C/C=C/C(=O)NC1(c2cccc(F)c2)CCOCC1. The summed E-state index contributed by atoms with van der Waals surface area (Å²) < 4.78 is 18.9. The fourth-order valence-electron chi connectivity index (χ4n) is 2.52. The fraction of sp³-hybridized carbons (Fsp3) is 0.353. The van der Waals surface area contributed by atoms with Gasteiger partial charge in [-0.25, -0.2) is 4.39 Å². The van der Waals surface area contributed by atoms with Gasteiger partial charge in [-0.3, -0.25) is 4.79 Å². The van der Waals surface area contributed by atoms with E-state index in [1.807, 2.05) is 19.1 Å². The van der Waals surface area contributed by atoms with Crippen LogP contribution in [0.1, 0.15) is 25.3 Å². The van der Waals surface area contributed by atoms with Crippen molar-refractivity contribution in [1.82, 2.24) is 5.32 Å². The number of ether oxygens (including phenoxy) is 1. The van der Waals surface area contributed by atoms with E-state index in [9.17, 15) is 9.18 Å². The third-order valence-electron chi connectivity index (χ3n) is 3.64. The van der Waals surface area contributed by atoms with E-state index < -0.39 is 5.54 Å². The molecule has 1 heterocycles. The van der Waals surface area contributed by atoms with Gasteiger partial charge in [-0.05, 0) is 37.5 Å². The maximum atomic E-state index is 13.5. The first-order valence-electron chi connectivity index (χ1n) is 7.11. The summed E-state index contributed by atoms with van der Waals surface area (Å²) in [6.07, 6.45) is 8.09. The van der Waals surface area contributed by atoms with Gasteiger partial charge in [-0.1, -0.05) is 30.4 Å². The summed E-state index contributed by atoms with van der Waals surface area (Å²) in [5, 5.41) is 3.03. The number of allylic oxidation sites excluding steroid dienone is 3. The molecule has 3 nitrogen and oxygen atoms in total. The molecule has 112 valence electrons. The number of hydrogen-bond donors (Lipinski definition) is 1. The molecule has 0 aromatic heterocycles. The molecule has 1 fully saturated rings. The van der Waals surface area contributed by atoms with Crippen LogP contribution in [0.2, 0.25) is 0 Å². The summed E-state index contributed by atoms with van der Waals surface area (Å²) in [5.74, 6) is -0.476. The van der Waals surface area contributed by atoms with Crippen LogP contribution >= 0.6 is 0 Å². The average Bonchev–Trinajstić information content (AvgIpc) is 2.48. The lowest BCUT2D eigenvalue weighted by Gasteiger charge is -2.38. The number of hydrogen-bond acceptors (Lipinski definition) is 2. The Labute approximate surface area is 124 Å². The molecule has 1 aromatic rings. The maximum Gasteiger partial charge on any atom is 0.244 e. The van der Waals surface area contributed by atoms with E-state index in [1.54, 1.807) is 18.2 Å². The lowest BCUT2D eigenvalue weighted by Crippen LogP contribution is -2.49. The van der Waals surface area contributed by atoms with Crippen molar-refractivity contribution in [2.24, 2.45) is 0 Å². The summed E-state index contributed by atoms with van der Waals surface area (Å²) >= 11 is 0. The number of carbonyl (C=O) groups is 1. The van der Waals surface area contributed by atoms with E-state index in [2.05, 4.69) is 5.32 Å². The van der Waals surface area contributed by atoms with Crippen molar-refractivity contribution >= 4 is 5.91 Å². The minimum atomic E-state index is -0.558. The Morgan fingerprint density at radius 1 is 1.33 bits per heavy atom. The van der Waals surface area contributed by atoms with Crippen LogP contribution in [0, 0.1) is 5.82 Å². The minimum Gasteiger partial charge on any atom is -0.381 e. The summed E-state index contributed by atoms with van der Waals surface area (Å²) in [7, 11) is 0. The number of amides is 1. The van der Waals surface area contributed by atoms with Crippen LogP contribution in [0.25, 0.3) is 0 Å². The number of halogens is 1. The fourth-order valence-corrected chi connectivity index (χ4v) is 2.52. The highest BCUT2D eigenvalue weighted by Crippen LogP contribution is 2.32. The standard InChI is InChI=1S/C17H20FNO2/c1-2-3-4-8-16(20)19-17(9-11-21-12-10-17)14-6-5-7-15(18)13-14/h2-8,13H,9-12H2,1H3,(H,19,20)/b3-2+,8-4+. The van der Waals surface area contributed by atoms with Crippen LogP contribution in [-0.2, 0) is 15.1 Å². The topological polar surface area (TPSA) is 38.3 Å². The van der Waals surface area contributed by atoms with Gasteiger partial charge in [0.2, 0.25) is 5.91 Å². The molecular weight excluding hydrogens is 269 g/mol. The second-order valence-corrected chi connectivity index (χ2v) is 5.08. The molecule has 4 heteroatoms. The molecule has 2 rings (SSSR count). The van der Waals surface area contributed by atoms with Crippen LogP contribution in [-0.4, -0.2) is 19.1 Å². The molecule has 0 aliphatic carbocycles. The summed E-state index contributed by atoms with van der Waals surface area (Å²) in [4.78, 5) is 12.1. The van der Waals surface area contributed by atoms with Gasteiger partial charge in [-0.2, -0.15) is 0 Å². The molecule has 0 bridgehead atoms. The van der Waals surface area contributed by atoms with Gasteiger partial charge in [-0.15, -0.1) is 0 Å². The van der Waals surface area contributed by atoms with Gasteiger partial charge in [0.15, 0.2) is 0 Å². The Balaban J connectivity index is 2.23. The third kappa shape index (κ3) is 4.02. The van der Waals surface area contributed by atoms with Crippen molar-refractivity contribution in [2.75, 3.05) is 13.2 Å². The van der Waals surface area contributed by atoms with Crippen molar-refractivity contribution in [2.45, 2.75) is 25.3 Å². The first kappa shape index (κ1) is 15.4. The number of rotatable bonds is 4. The molecule has 0 atom stereocenters. The van der Waals surface area contributed by atoms with Gasteiger partial charge in [0.1, 0.15) is 5.82 Å². The minimum absolute atomic E-state index is 0.181. The van der Waals surface area contributed by atoms with Crippen LogP contribution in [0.5, 0.6) is 0 Å². The lowest BCUT2D eigenvalue weighted by molar-refractivity contribution is -0.119. The Bertz CT molecular complexity index is 545.